The van der Waals surface area contributed by atoms with Crippen LogP contribution in [-0.4, -0.2) is 87.7 Å². The predicted molar refractivity (Wildman–Crippen MR) is 219 cm³/mol. The first-order valence-electron chi connectivity index (χ1n) is 19.1. The van der Waals surface area contributed by atoms with Crippen molar-refractivity contribution in [3.8, 4) is 0 Å². The Balaban J connectivity index is 1.64. The molecule has 1 aromatic heterocycles. The fourth-order valence-corrected chi connectivity index (χ4v) is 6.94. The number of fused-ring (bicyclic) bond motifs is 1. The third-order valence-corrected chi connectivity index (χ3v) is 9.34. The number of carbonyl (C=O) groups excluding carboxylic acids is 6. The Hall–Kier alpha value is -5.57. The number of nitrogens with one attached hydrogen (secondary N) is 1. The molecule has 0 saturated carbocycles. The van der Waals surface area contributed by atoms with Gasteiger partial charge in [0.25, 0.3) is 5.91 Å². The zero-order valence-electron chi connectivity index (χ0n) is 34.9. The van der Waals surface area contributed by atoms with Crippen LogP contribution in [0.15, 0.2) is 65.7 Å². The first-order valence-corrected chi connectivity index (χ1v) is 19.9. The molecule has 1 aliphatic rings. The van der Waals surface area contributed by atoms with Crippen molar-refractivity contribution in [3.63, 3.8) is 0 Å². The lowest BCUT2D eigenvalue weighted by Gasteiger charge is -2.31. The summed E-state index contributed by atoms with van der Waals surface area (Å²) in [5.74, 6) is -1.59. The number of ether oxygens (including phenoxy) is 4. The van der Waals surface area contributed by atoms with Crippen LogP contribution in [0.4, 0.5) is 14.4 Å². The molecule has 14 nitrogen and oxygen atoms in total. The molecule has 4 rings (SSSR count). The zero-order chi connectivity index (χ0) is 43.0. The molecule has 0 fully saturated rings. The van der Waals surface area contributed by atoms with Gasteiger partial charge in [-0.3, -0.25) is 14.4 Å². The number of hydrogen-bond acceptors (Lipinski definition) is 11. The number of carbonyl (C=O) groups is 6. The number of nitrogens with zero attached hydrogens (tertiary/aromatic N) is 3. The molecule has 1 N–H and O–H groups in total. The average Bonchev–Trinajstić information content (AvgIpc) is 3.50. The van der Waals surface area contributed by atoms with Crippen LogP contribution in [0.3, 0.4) is 0 Å². The Kier molecular flexibility index (Phi) is 14.6. The Morgan fingerprint density at radius 3 is 1.93 bits per heavy atom. The Bertz CT molecular complexity index is 1980. The predicted octanol–water partition coefficient (Wildman–Crippen LogP) is 7.63. The monoisotopic (exact) mass is 818 g/mol. The maximum atomic E-state index is 14.2. The van der Waals surface area contributed by atoms with E-state index in [1.54, 1.807) is 85.5 Å². The summed E-state index contributed by atoms with van der Waals surface area (Å²) in [5, 5.41) is 2.91. The Morgan fingerprint density at radius 1 is 0.810 bits per heavy atom. The van der Waals surface area contributed by atoms with Gasteiger partial charge in [-0.25, -0.2) is 14.4 Å². The Labute approximate surface area is 343 Å². The van der Waals surface area contributed by atoms with E-state index in [9.17, 15) is 28.8 Å². The molecule has 0 bridgehead atoms. The second-order valence-electron chi connectivity index (χ2n) is 16.7. The van der Waals surface area contributed by atoms with Crippen LogP contribution in [0.2, 0.25) is 0 Å². The van der Waals surface area contributed by atoms with Crippen molar-refractivity contribution in [2.45, 2.75) is 118 Å². The lowest BCUT2D eigenvalue weighted by atomic mass is 10.0. The van der Waals surface area contributed by atoms with Gasteiger partial charge in [0.15, 0.2) is 5.84 Å². The van der Waals surface area contributed by atoms with Crippen molar-refractivity contribution in [2.24, 2.45) is 4.99 Å². The van der Waals surface area contributed by atoms with E-state index in [-0.39, 0.29) is 35.8 Å². The van der Waals surface area contributed by atoms with E-state index in [0.717, 1.165) is 20.9 Å². The number of rotatable bonds is 9. The standard InChI is InChI=1S/C43H54N4O10S/c1-11-54-34(48)25-31-24-30-26-46(22-21-33(30)58-31)37(50)32(23-27-15-13-12-14-16-27)44-36(49)29-19-17-28(18-20-29)35(45-38(51)55-41(2,3)4)47(39(52)56-42(5,6)7)40(53)57-43(8,9)10/h12-20,24,32H,11,21-23,25-26H2,1-10H3,(H,44,49)/t32-/m0/s1. The molecule has 58 heavy (non-hydrogen) atoms. The third kappa shape index (κ3) is 13.5. The highest BCUT2D eigenvalue weighted by Crippen LogP contribution is 2.29. The van der Waals surface area contributed by atoms with Crippen molar-refractivity contribution < 1.29 is 47.7 Å². The van der Waals surface area contributed by atoms with Gasteiger partial charge in [-0.2, -0.15) is 9.89 Å². The lowest BCUT2D eigenvalue weighted by molar-refractivity contribution is -0.142. The fourth-order valence-electron chi connectivity index (χ4n) is 5.78. The van der Waals surface area contributed by atoms with Crippen LogP contribution in [0, 0.1) is 0 Å². The summed E-state index contributed by atoms with van der Waals surface area (Å²) in [6, 6.07) is 16.0. The van der Waals surface area contributed by atoms with Crippen LogP contribution in [0.1, 0.15) is 106 Å². The average molecular weight is 819 g/mol. The summed E-state index contributed by atoms with van der Waals surface area (Å²) in [5.41, 5.74) is -1.02. The summed E-state index contributed by atoms with van der Waals surface area (Å²) in [6.07, 6.45) is -2.41. The van der Waals surface area contributed by atoms with Crippen LogP contribution >= 0.6 is 11.3 Å². The number of hydrogen-bond donors (Lipinski definition) is 1. The van der Waals surface area contributed by atoms with Gasteiger partial charge < -0.3 is 29.2 Å². The van der Waals surface area contributed by atoms with Crippen LogP contribution < -0.4 is 5.32 Å². The van der Waals surface area contributed by atoms with E-state index in [1.807, 2.05) is 36.4 Å². The zero-order valence-corrected chi connectivity index (χ0v) is 35.7. The van der Waals surface area contributed by atoms with Gasteiger partial charge in [-0.1, -0.05) is 42.5 Å². The summed E-state index contributed by atoms with van der Waals surface area (Å²) in [7, 11) is 0. The first-order chi connectivity index (χ1) is 27.0. The minimum Gasteiger partial charge on any atom is -0.466 e. The second kappa shape index (κ2) is 18.8. The van der Waals surface area contributed by atoms with Crippen LogP contribution in [0.5, 0.6) is 0 Å². The van der Waals surface area contributed by atoms with Gasteiger partial charge in [0.05, 0.1) is 13.0 Å². The van der Waals surface area contributed by atoms with Crippen molar-refractivity contribution in [3.05, 3.63) is 92.7 Å². The molecule has 0 spiro atoms. The van der Waals surface area contributed by atoms with Gasteiger partial charge in [0.2, 0.25) is 5.91 Å². The molecule has 5 amide bonds. The number of amidine groups is 1. The summed E-state index contributed by atoms with van der Waals surface area (Å²) < 4.78 is 21.6. The molecule has 312 valence electrons. The molecular weight excluding hydrogens is 765 g/mol. The molecule has 1 aliphatic heterocycles. The highest BCUT2D eigenvalue weighted by molar-refractivity contribution is 7.12. The number of imide groups is 1. The number of aliphatic imine (C=N–C) groups is 1. The molecule has 0 unspecified atom stereocenters. The van der Waals surface area contributed by atoms with E-state index in [4.69, 9.17) is 18.9 Å². The van der Waals surface area contributed by atoms with E-state index in [0.29, 0.717) is 31.0 Å². The van der Waals surface area contributed by atoms with E-state index in [1.165, 1.54) is 24.3 Å². The number of esters is 1. The topological polar surface area (TPSA) is 170 Å². The Morgan fingerprint density at radius 2 is 1.38 bits per heavy atom. The minimum absolute atomic E-state index is 0.0817. The maximum Gasteiger partial charge on any atom is 0.436 e. The molecular formula is C43H54N4O10S. The molecule has 3 aromatic rings. The highest BCUT2D eigenvalue weighted by atomic mass is 32.1. The fraction of sp³-hybridized carbons (Fsp3) is 0.465. The van der Waals surface area contributed by atoms with E-state index >= 15 is 0 Å². The molecule has 15 heteroatoms. The second-order valence-corrected chi connectivity index (χ2v) is 17.9. The van der Waals surface area contributed by atoms with E-state index < -0.39 is 52.9 Å². The quantitative estimate of drug-likeness (QED) is 0.0980. The molecule has 2 aromatic carbocycles. The van der Waals surface area contributed by atoms with Gasteiger partial charge >= 0.3 is 24.2 Å². The number of benzene rings is 2. The molecule has 0 aliphatic carbocycles. The van der Waals surface area contributed by atoms with E-state index in [2.05, 4.69) is 10.3 Å². The maximum absolute atomic E-state index is 14.2. The van der Waals surface area contributed by atoms with Crippen LogP contribution in [-0.2, 0) is 54.3 Å². The van der Waals surface area contributed by atoms with Crippen molar-refractivity contribution >= 4 is 53.2 Å². The number of thiophene rings is 1. The first kappa shape index (κ1) is 45.1. The van der Waals surface area contributed by atoms with Gasteiger partial charge in [-0.15, -0.1) is 11.3 Å². The molecule has 2 heterocycles. The normalized spacial score (nSPS) is 13.8. The summed E-state index contributed by atoms with van der Waals surface area (Å²) >= 11 is 1.54. The SMILES string of the molecule is CCOC(=O)Cc1cc2c(s1)CCN(C(=O)[C@H](Cc1ccccc1)NC(=O)c1ccc(C(=NC(=O)OC(C)(C)C)N(C(=O)OC(C)(C)C)C(=O)OC(C)(C)C)cc1)C2. The summed E-state index contributed by atoms with van der Waals surface area (Å²) in [6.45, 7) is 17.4. The molecule has 1 atom stereocenters. The van der Waals surface area contributed by atoms with Gasteiger partial charge in [-0.05, 0) is 105 Å². The van der Waals surface area contributed by atoms with Crippen molar-refractivity contribution in [2.75, 3.05) is 13.2 Å². The summed E-state index contributed by atoms with van der Waals surface area (Å²) in [4.78, 5) is 88.7. The largest absolute Gasteiger partial charge is 0.466 e. The third-order valence-electron chi connectivity index (χ3n) is 8.10. The highest BCUT2D eigenvalue weighted by Gasteiger charge is 2.37. The number of amides is 5. The molecule has 0 radical (unpaired) electrons. The van der Waals surface area contributed by atoms with Crippen molar-refractivity contribution in [1.82, 2.24) is 15.1 Å². The molecule has 0 saturated heterocycles. The smallest absolute Gasteiger partial charge is 0.436 e. The van der Waals surface area contributed by atoms with Crippen molar-refractivity contribution in [1.29, 1.82) is 0 Å². The minimum atomic E-state index is -1.16. The van der Waals surface area contributed by atoms with Gasteiger partial charge in [0, 0.05) is 40.4 Å². The van der Waals surface area contributed by atoms with Gasteiger partial charge in [0.1, 0.15) is 22.8 Å². The van der Waals surface area contributed by atoms with Crippen LogP contribution in [0.25, 0.3) is 0 Å². The lowest BCUT2D eigenvalue weighted by Crippen LogP contribution is -2.50.